The van der Waals surface area contributed by atoms with E-state index in [0.717, 1.165) is 26.0 Å². The molecule has 10 heteroatoms. The molecular weight excluding hydrogens is 520 g/mol. The van der Waals surface area contributed by atoms with Gasteiger partial charge in [0.2, 0.25) is 0 Å². The molecule has 0 amide bonds. The number of fused-ring (bicyclic) bond motifs is 1. The average Bonchev–Trinajstić information content (AvgIpc) is 3.28. The maximum atomic E-state index is 6.53. The van der Waals surface area contributed by atoms with Crippen molar-refractivity contribution < 1.29 is 35.3 Å². The maximum absolute atomic E-state index is 6.53. The van der Waals surface area contributed by atoms with Gasteiger partial charge in [0.15, 0.2) is 0 Å². The molecule has 0 aliphatic carbocycles. The minimum atomic E-state index is -0.741. The fourth-order valence-corrected chi connectivity index (χ4v) is 6.61. The van der Waals surface area contributed by atoms with E-state index in [9.17, 15) is 0 Å². The second-order valence-corrected chi connectivity index (χ2v) is 11.7. The van der Waals surface area contributed by atoms with E-state index in [2.05, 4.69) is 40.9 Å². The number of anilines is 1. The molecule has 1 aliphatic heterocycles. The summed E-state index contributed by atoms with van der Waals surface area (Å²) in [4.78, 5) is 8.31. The van der Waals surface area contributed by atoms with Crippen LogP contribution in [-0.2, 0) is 9.31 Å². The normalized spacial score (nSPS) is 20.2. The predicted molar refractivity (Wildman–Crippen MR) is 118 cm³/mol. The van der Waals surface area contributed by atoms with Gasteiger partial charge in [-0.05, 0) is 0 Å². The van der Waals surface area contributed by atoms with E-state index in [0.29, 0.717) is 11.5 Å². The van der Waals surface area contributed by atoms with Crippen molar-refractivity contribution >= 4 is 29.4 Å². The first kappa shape index (κ1) is 21.2. The zero-order valence-corrected chi connectivity index (χ0v) is 20.0. The van der Waals surface area contributed by atoms with Crippen LogP contribution in [0.1, 0.15) is 20.8 Å². The zero-order chi connectivity index (χ0) is 22.3. The van der Waals surface area contributed by atoms with Crippen molar-refractivity contribution in [2.75, 3.05) is 5.73 Å². The average molecular weight is 542 g/mol. The summed E-state index contributed by atoms with van der Waals surface area (Å²) in [6, 6.07) is 17.5. The van der Waals surface area contributed by atoms with E-state index in [1.54, 1.807) is 0 Å². The summed E-state index contributed by atoms with van der Waals surface area (Å²) in [6.07, 6.45) is 1.42. The van der Waals surface area contributed by atoms with Gasteiger partial charge in [-0.3, -0.25) is 0 Å². The second-order valence-electron chi connectivity index (χ2n) is 8.07. The number of nitrogens with one attached hydrogen (secondary N) is 1. The Hall–Kier alpha value is -2.70. The molecule has 3 heterocycles. The number of rotatable bonds is 5. The van der Waals surface area contributed by atoms with Crippen molar-refractivity contribution in [2.24, 2.45) is 0 Å². The van der Waals surface area contributed by atoms with Gasteiger partial charge in [-0.25, -0.2) is 0 Å². The molecule has 3 N–H and O–H groups in total. The van der Waals surface area contributed by atoms with Crippen LogP contribution in [0, 0.1) is 3.70 Å². The molecular formula is C22H22BIN5O3-. The van der Waals surface area contributed by atoms with Crippen LogP contribution < -0.4 is 37.1 Å². The number of hydrogen-bond donors (Lipinski definition) is 2. The molecule has 1 atom stereocenters. The van der Waals surface area contributed by atoms with E-state index in [1.165, 1.54) is 6.33 Å². The van der Waals surface area contributed by atoms with Gasteiger partial charge in [0.1, 0.15) is 0 Å². The third-order valence-electron chi connectivity index (χ3n) is 5.55. The predicted octanol–water partition coefficient (Wildman–Crippen LogP) is -0.0770. The SMILES string of the molecule is CC1(C)OB(c2ccc(Oc3ccccc3)cc2)OC1(C)[I-]c1[nH]nc2ncnc(N)c12. The van der Waals surface area contributed by atoms with Gasteiger partial charge in [0.25, 0.3) is 0 Å². The molecule has 32 heavy (non-hydrogen) atoms. The molecule has 164 valence electrons. The van der Waals surface area contributed by atoms with E-state index in [4.69, 9.17) is 19.8 Å². The number of nitrogens with zero attached hydrogens (tertiary/aromatic N) is 3. The molecule has 1 saturated heterocycles. The van der Waals surface area contributed by atoms with Gasteiger partial charge in [0, 0.05) is 0 Å². The Bertz CT molecular complexity index is 1250. The van der Waals surface area contributed by atoms with Crippen LogP contribution in [0.3, 0.4) is 0 Å². The van der Waals surface area contributed by atoms with E-state index >= 15 is 0 Å². The Morgan fingerprint density at radius 3 is 2.44 bits per heavy atom. The number of para-hydroxylation sites is 1. The van der Waals surface area contributed by atoms with Crippen molar-refractivity contribution in [1.82, 2.24) is 20.2 Å². The van der Waals surface area contributed by atoms with Gasteiger partial charge in [-0.15, -0.1) is 0 Å². The first-order chi connectivity index (χ1) is 15.3. The number of nitrogen functional groups attached to an aromatic ring is 1. The van der Waals surface area contributed by atoms with Gasteiger partial charge in [0.05, 0.1) is 0 Å². The fourth-order valence-electron chi connectivity index (χ4n) is 3.42. The molecule has 0 spiro atoms. The second kappa shape index (κ2) is 8.02. The van der Waals surface area contributed by atoms with Crippen molar-refractivity contribution in [3.63, 3.8) is 0 Å². The van der Waals surface area contributed by atoms with Crippen LogP contribution in [0.25, 0.3) is 11.0 Å². The molecule has 1 fully saturated rings. The standard InChI is InChI=1S/C22H22BIN5O3/c1-21(2)22(3,24-18-17-19(25)26-13-27-20(17)29-28-18)32-23(31-21)14-9-11-16(12-10-14)30-15-7-5-4-6-8-15/h4-13H,1-3H3,(H3,25,26,27,28,29)/q-1. The number of aromatic nitrogens is 4. The third-order valence-corrected chi connectivity index (χ3v) is 9.45. The Morgan fingerprint density at radius 2 is 1.69 bits per heavy atom. The van der Waals surface area contributed by atoms with E-state index < -0.39 is 37.5 Å². The number of benzene rings is 2. The molecule has 0 saturated carbocycles. The van der Waals surface area contributed by atoms with Crippen LogP contribution in [0.2, 0.25) is 0 Å². The van der Waals surface area contributed by atoms with Gasteiger partial charge in [-0.2, -0.15) is 0 Å². The Balaban J connectivity index is 1.36. The molecule has 1 unspecified atom stereocenters. The van der Waals surface area contributed by atoms with Gasteiger partial charge in [-0.1, -0.05) is 0 Å². The van der Waals surface area contributed by atoms with Crippen LogP contribution in [-0.4, -0.2) is 36.5 Å². The number of nitrogens with two attached hydrogens (primary N) is 1. The van der Waals surface area contributed by atoms with Crippen LogP contribution in [0.4, 0.5) is 5.82 Å². The van der Waals surface area contributed by atoms with Crippen molar-refractivity contribution in [2.45, 2.75) is 30.0 Å². The first-order valence-electron chi connectivity index (χ1n) is 10.1. The van der Waals surface area contributed by atoms with Crippen molar-refractivity contribution in [1.29, 1.82) is 0 Å². The topological polar surface area (TPSA) is 108 Å². The number of aromatic amines is 1. The molecule has 0 radical (unpaired) electrons. The van der Waals surface area contributed by atoms with Gasteiger partial charge >= 0.3 is 197 Å². The third kappa shape index (κ3) is 3.82. The number of H-pyrrole nitrogens is 1. The molecule has 4 aromatic rings. The number of hydrogen-bond acceptors (Lipinski definition) is 7. The monoisotopic (exact) mass is 542 g/mol. The first-order valence-corrected chi connectivity index (χ1v) is 12.3. The summed E-state index contributed by atoms with van der Waals surface area (Å²) >= 11 is -0.741. The summed E-state index contributed by atoms with van der Waals surface area (Å²) in [5.41, 5.74) is 7.08. The van der Waals surface area contributed by atoms with Crippen molar-refractivity contribution in [3.05, 3.63) is 64.6 Å². The Kier molecular flexibility index (Phi) is 5.30. The van der Waals surface area contributed by atoms with Crippen LogP contribution in [0.15, 0.2) is 60.9 Å². The van der Waals surface area contributed by atoms with Crippen molar-refractivity contribution in [3.8, 4) is 11.5 Å². The summed E-state index contributed by atoms with van der Waals surface area (Å²) in [5.74, 6) is 1.97. The summed E-state index contributed by atoms with van der Waals surface area (Å²) in [7, 11) is -0.483. The van der Waals surface area contributed by atoms with Gasteiger partial charge < -0.3 is 0 Å². The van der Waals surface area contributed by atoms with E-state index in [-0.39, 0.29) is 0 Å². The zero-order valence-electron chi connectivity index (χ0n) is 17.9. The van der Waals surface area contributed by atoms with Crippen LogP contribution in [0.5, 0.6) is 11.5 Å². The minimum absolute atomic E-state index is 0.421. The molecule has 8 nitrogen and oxygen atoms in total. The molecule has 1 aliphatic rings. The Labute approximate surface area is 196 Å². The summed E-state index contributed by atoms with van der Waals surface area (Å²) in [5, 5.41) is 8.15. The molecule has 2 aromatic carbocycles. The molecule has 5 rings (SSSR count). The molecule has 2 aromatic heterocycles. The number of ether oxygens (including phenoxy) is 1. The Morgan fingerprint density at radius 1 is 0.969 bits per heavy atom. The summed E-state index contributed by atoms with van der Waals surface area (Å²) < 4.78 is 19.2. The number of alkyl halides is 1. The van der Waals surface area contributed by atoms with E-state index in [1.807, 2.05) is 54.6 Å². The summed E-state index contributed by atoms with van der Waals surface area (Å²) in [6.45, 7) is 6.19. The van der Waals surface area contributed by atoms with Crippen LogP contribution >= 0.6 is 0 Å². The molecule has 0 bridgehead atoms. The fraction of sp³-hybridized carbons (Fsp3) is 0.227. The quantitative estimate of drug-likeness (QED) is 0.207. The number of halogens is 1.